The van der Waals surface area contributed by atoms with E-state index in [4.69, 9.17) is 4.74 Å². The number of rotatable bonds is 6. The van der Waals surface area contributed by atoms with Gasteiger partial charge in [0.25, 0.3) is 0 Å². The van der Waals surface area contributed by atoms with Crippen LogP contribution in [0.3, 0.4) is 0 Å². The number of aldehydes is 1. The number of carbonyl (C=O) groups is 2. The van der Waals surface area contributed by atoms with Gasteiger partial charge < -0.3 is 14.4 Å². The van der Waals surface area contributed by atoms with Crippen LogP contribution in [0.5, 0.6) is 0 Å². The molecule has 0 aromatic heterocycles. The molecule has 0 spiro atoms. The third-order valence-corrected chi connectivity index (χ3v) is 2.37. The van der Waals surface area contributed by atoms with E-state index in [1.54, 1.807) is 34.6 Å². The van der Waals surface area contributed by atoms with Gasteiger partial charge in [0.05, 0.1) is 6.67 Å². The average Bonchev–Trinajstić information content (AvgIpc) is 2.23. The van der Waals surface area contributed by atoms with E-state index in [1.165, 1.54) is 4.90 Å². The van der Waals surface area contributed by atoms with Crippen LogP contribution in [0.1, 0.15) is 41.0 Å². The van der Waals surface area contributed by atoms with Crippen LogP contribution in [-0.4, -0.2) is 42.1 Å². The first-order valence-electron chi connectivity index (χ1n) is 6.20. The van der Waals surface area contributed by atoms with Crippen LogP contribution < -0.4 is 0 Å². The molecule has 5 heteroatoms. The van der Waals surface area contributed by atoms with Crippen LogP contribution in [0.25, 0.3) is 0 Å². The molecule has 1 amide bonds. The lowest BCUT2D eigenvalue weighted by molar-refractivity contribution is -0.108. The number of amides is 1. The van der Waals surface area contributed by atoms with Crippen LogP contribution in [-0.2, 0) is 9.53 Å². The van der Waals surface area contributed by atoms with E-state index in [-0.39, 0.29) is 24.9 Å². The summed E-state index contributed by atoms with van der Waals surface area (Å²) in [5.41, 5.74) is -0.602. The summed E-state index contributed by atoms with van der Waals surface area (Å²) in [6, 6.07) is -0.286. The number of halogens is 1. The van der Waals surface area contributed by atoms with E-state index >= 15 is 0 Å². The van der Waals surface area contributed by atoms with Crippen LogP contribution >= 0.6 is 0 Å². The molecule has 0 aromatic carbocycles. The Morgan fingerprint density at radius 1 is 1.39 bits per heavy atom. The van der Waals surface area contributed by atoms with Gasteiger partial charge >= 0.3 is 6.09 Å². The average molecular weight is 261 g/mol. The maximum Gasteiger partial charge on any atom is 0.410 e. The first-order chi connectivity index (χ1) is 8.21. The molecule has 0 radical (unpaired) electrons. The largest absolute Gasteiger partial charge is 0.444 e. The van der Waals surface area contributed by atoms with Gasteiger partial charge in [0.1, 0.15) is 11.9 Å². The number of ether oxygens (including phenoxy) is 1. The molecule has 0 saturated heterocycles. The molecular weight excluding hydrogens is 237 g/mol. The number of nitrogens with zero attached hydrogens (tertiary/aromatic N) is 1. The van der Waals surface area contributed by atoms with Crippen molar-refractivity contribution in [3.05, 3.63) is 0 Å². The maximum absolute atomic E-state index is 12.5. The van der Waals surface area contributed by atoms with Gasteiger partial charge in [-0.05, 0) is 27.7 Å². The summed E-state index contributed by atoms with van der Waals surface area (Å²) in [4.78, 5) is 23.9. The van der Waals surface area contributed by atoms with Gasteiger partial charge in [0, 0.05) is 24.9 Å². The zero-order chi connectivity index (χ0) is 14.3. The Labute approximate surface area is 108 Å². The normalized spacial score (nSPS) is 14.8. The van der Waals surface area contributed by atoms with Crippen LogP contribution in [0, 0.1) is 5.92 Å². The lowest BCUT2D eigenvalue weighted by atomic mass is 10.1. The van der Waals surface area contributed by atoms with E-state index in [0.717, 1.165) is 6.29 Å². The fourth-order valence-corrected chi connectivity index (χ4v) is 1.41. The predicted molar refractivity (Wildman–Crippen MR) is 68.2 cm³/mol. The Balaban J connectivity index is 4.73. The highest BCUT2D eigenvalue weighted by Crippen LogP contribution is 2.15. The van der Waals surface area contributed by atoms with Crippen LogP contribution in [0.4, 0.5) is 9.18 Å². The van der Waals surface area contributed by atoms with Crippen LogP contribution in [0.2, 0.25) is 0 Å². The molecule has 0 rings (SSSR count). The van der Waals surface area contributed by atoms with Gasteiger partial charge in [-0.1, -0.05) is 6.92 Å². The van der Waals surface area contributed by atoms with Crippen LogP contribution in [0.15, 0.2) is 0 Å². The molecule has 0 N–H and O–H groups in total. The second kappa shape index (κ2) is 7.34. The minimum absolute atomic E-state index is 0.220. The smallest absolute Gasteiger partial charge is 0.410 e. The van der Waals surface area contributed by atoms with Gasteiger partial charge in [-0.3, -0.25) is 4.39 Å². The summed E-state index contributed by atoms with van der Waals surface area (Å²) in [6.07, 6.45) is 0.470. The number of hydrogen-bond acceptors (Lipinski definition) is 3. The Kier molecular flexibility index (Phi) is 6.88. The Bertz CT molecular complexity index is 276. The summed E-state index contributed by atoms with van der Waals surface area (Å²) in [5.74, 6) is -0.272. The van der Waals surface area contributed by atoms with E-state index < -0.39 is 18.4 Å². The Morgan fingerprint density at radius 2 is 1.94 bits per heavy atom. The molecule has 106 valence electrons. The van der Waals surface area contributed by atoms with Gasteiger partial charge in [-0.25, -0.2) is 4.79 Å². The standard InChI is InChI=1S/C13H24FNO3/c1-10(8-14)9-15(11(2)6-7-16)12(17)18-13(3,4)5/h7,10-11H,6,8-9H2,1-5H3. The molecule has 0 fully saturated rings. The molecule has 0 aromatic rings. The highest BCUT2D eigenvalue weighted by Gasteiger charge is 2.27. The first kappa shape index (κ1) is 16.9. The van der Waals surface area contributed by atoms with Gasteiger partial charge in [-0.2, -0.15) is 0 Å². The predicted octanol–water partition coefficient (Wildman–Crippen LogP) is 2.81. The summed E-state index contributed by atoms with van der Waals surface area (Å²) in [6.45, 7) is 8.52. The molecule has 0 aliphatic carbocycles. The van der Waals surface area contributed by atoms with E-state index in [2.05, 4.69) is 0 Å². The number of carbonyl (C=O) groups excluding carboxylic acids is 2. The SMILES string of the molecule is CC(CF)CN(C(=O)OC(C)(C)C)C(C)CC=O. The molecular formula is C13H24FNO3. The Hall–Kier alpha value is -1.13. The monoisotopic (exact) mass is 261 g/mol. The molecule has 2 unspecified atom stereocenters. The number of alkyl halides is 1. The van der Waals surface area contributed by atoms with Crippen molar-refractivity contribution in [2.45, 2.75) is 52.7 Å². The molecule has 0 aliphatic heterocycles. The van der Waals surface area contributed by atoms with Crippen molar-refractivity contribution in [1.29, 1.82) is 0 Å². The fraction of sp³-hybridized carbons (Fsp3) is 0.846. The molecule has 4 nitrogen and oxygen atoms in total. The van der Waals surface area contributed by atoms with Crippen molar-refractivity contribution < 1.29 is 18.7 Å². The van der Waals surface area contributed by atoms with Crippen molar-refractivity contribution in [2.75, 3.05) is 13.2 Å². The zero-order valence-corrected chi connectivity index (χ0v) is 11.9. The van der Waals surface area contributed by atoms with Gasteiger partial charge in [-0.15, -0.1) is 0 Å². The molecule has 0 bridgehead atoms. The summed E-state index contributed by atoms with van der Waals surface area (Å²) in [7, 11) is 0. The van der Waals surface area contributed by atoms with Crippen molar-refractivity contribution in [1.82, 2.24) is 4.90 Å². The van der Waals surface area contributed by atoms with E-state index in [1.807, 2.05) is 0 Å². The maximum atomic E-state index is 12.5. The second-order valence-electron chi connectivity index (χ2n) is 5.64. The second-order valence-corrected chi connectivity index (χ2v) is 5.64. The van der Waals surface area contributed by atoms with Crippen molar-refractivity contribution in [3.63, 3.8) is 0 Å². The minimum atomic E-state index is -0.602. The number of hydrogen-bond donors (Lipinski definition) is 0. The quantitative estimate of drug-likeness (QED) is 0.691. The summed E-state index contributed by atoms with van der Waals surface area (Å²) in [5, 5.41) is 0. The van der Waals surface area contributed by atoms with Crippen molar-refractivity contribution in [3.8, 4) is 0 Å². The third kappa shape index (κ3) is 6.57. The zero-order valence-electron chi connectivity index (χ0n) is 11.9. The molecule has 18 heavy (non-hydrogen) atoms. The molecule has 2 atom stereocenters. The Morgan fingerprint density at radius 3 is 2.33 bits per heavy atom. The highest BCUT2D eigenvalue weighted by atomic mass is 19.1. The lowest BCUT2D eigenvalue weighted by Crippen LogP contribution is -2.44. The highest BCUT2D eigenvalue weighted by molar-refractivity contribution is 5.69. The topological polar surface area (TPSA) is 46.6 Å². The third-order valence-electron chi connectivity index (χ3n) is 2.37. The van der Waals surface area contributed by atoms with Gasteiger partial charge in [0.2, 0.25) is 0 Å². The lowest BCUT2D eigenvalue weighted by Gasteiger charge is -2.32. The molecule has 0 heterocycles. The molecule has 0 aliphatic rings. The van der Waals surface area contributed by atoms with Crippen molar-refractivity contribution >= 4 is 12.4 Å². The summed E-state index contributed by atoms with van der Waals surface area (Å²) < 4.78 is 17.8. The van der Waals surface area contributed by atoms with E-state index in [9.17, 15) is 14.0 Å². The fourth-order valence-electron chi connectivity index (χ4n) is 1.41. The van der Waals surface area contributed by atoms with E-state index in [0.29, 0.717) is 0 Å². The minimum Gasteiger partial charge on any atom is -0.444 e. The molecule has 0 saturated carbocycles. The summed E-state index contributed by atoms with van der Waals surface area (Å²) >= 11 is 0. The van der Waals surface area contributed by atoms with Crippen molar-refractivity contribution in [2.24, 2.45) is 5.92 Å². The van der Waals surface area contributed by atoms with Gasteiger partial charge in [0.15, 0.2) is 0 Å². The first-order valence-corrected chi connectivity index (χ1v) is 6.20.